The molecule has 0 bridgehead atoms. The second-order valence-electron chi connectivity index (χ2n) is 5.66. The minimum atomic E-state index is -0.487. The Morgan fingerprint density at radius 2 is 2.00 bits per heavy atom. The first kappa shape index (κ1) is 14.7. The van der Waals surface area contributed by atoms with Gasteiger partial charge in [-0.15, -0.1) is 0 Å². The molecule has 0 fully saturated rings. The van der Waals surface area contributed by atoms with Crippen LogP contribution in [0, 0.1) is 5.82 Å². The molecule has 0 aliphatic heterocycles. The number of carbonyl (C=O) groups excluding carboxylic acids is 1. The summed E-state index contributed by atoms with van der Waals surface area (Å²) < 4.78 is 15.7. The van der Waals surface area contributed by atoms with Crippen molar-refractivity contribution in [3.8, 4) is 11.3 Å². The zero-order chi connectivity index (χ0) is 15.1. The summed E-state index contributed by atoms with van der Waals surface area (Å²) in [6.07, 6.45) is 1.64. The van der Waals surface area contributed by atoms with Crippen LogP contribution in [0.15, 0.2) is 24.4 Å². The molecule has 3 nitrogen and oxygen atoms in total. The fourth-order valence-electron chi connectivity index (χ4n) is 1.88. The van der Waals surface area contributed by atoms with Crippen molar-refractivity contribution in [2.24, 2.45) is 0 Å². The van der Waals surface area contributed by atoms with Gasteiger partial charge in [0.05, 0.1) is 21.7 Å². The molecule has 0 saturated heterocycles. The van der Waals surface area contributed by atoms with E-state index in [1.165, 1.54) is 19.1 Å². The van der Waals surface area contributed by atoms with Crippen LogP contribution in [0.3, 0.4) is 0 Å². The standard InChI is InChI=1S/C15H16ClFN2O/c1-9(20)10-8-19(15(2,3)4)18-14(10)13-11(16)6-5-7-12(13)17/h5-8H,1-4H3. The normalized spacial score (nSPS) is 11.7. The van der Waals surface area contributed by atoms with E-state index in [-0.39, 0.29) is 27.6 Å². The van der Waals surface area contributed by atoms with Crippen LogP contribution in [0.5, 0.6) is 0 Å². The Bertz CT molecular complexity index is 651. The Kier molecular flexibility index (Phi) is 3.69. The van der Waals surface area contributed by atoms with E-state index in [1.54, 1.807) is 16.9 Å². The number of hydrogen-bond donors (Lipinski definition) is 0. The van der Waals surface area contributed by atoms with Crippen molar-refractivity contribution in [3.05, 3.63) is 40.8 Å². The highest BCUT2D eigenvalue weighted by atomic mass is 35.5. The van der Waals surface area contributed by atoms with Crippen LogP contribution >= 0.6 is 11.6 Å². The number of nitrogens with zero attached hydrogens (tertiary/aromatic N) is 2. The summed E-state index contributed by atoms with van der Waals surface area (Å²) >= 11 is 6.06. The Morgan fingerprint density at radius 1 is 1.35 bits per heavy atom. The molecule has 0 unspecified atom stereocenters. The first-order valence-corrected chi connectivity index (χ1v) is 6.65. The van der Waals surface area contributed by atoms with Crippen molar-refractivity contribution in [2.75, 3.05) is 0 Å². The third-order valence-corrected chi connectivity index (χ3v) is 3.30. The molecule has 5 heteroatoms. The number of aromatic nitrogens is 2. The van der Waals surface area contributed by atoms with Crippen LogP contribution in [0.1, 0.15) is 38.1 Å². The average Bonchev–Trinajstić information content (AvgIpc) is 2.73. The summed E-state index contributed by atoms with van der Waals surface area (Å²) in [4.78, 5) is 11.8. The predicted octanol–water partition coefficient (Wildman–Crippen LogP) is 4.30. The van der Waals surface area contributed by atoms with Gasteiger partial charge in [0.1, 0.15) is 11.5 Å². The van der Waals surface area contributed by atoms with Gasteiger partial charge >= 0.3 is 0 Å². The number of Topliss-reactive ketones (excluding diaryl/α,β-unsaturated/α-hetero) is 1. The summed E-state index contributed by atoms with van der Waals surface area (Å²) in [6.45, 7) is 7.30. The van der Waals surface area contributed by atoms with Crippen LogP contribution in [-0.2, 0) is 5.54 Å². The van der Waals surface area contributed by atoms with Gasteiger partial charge in [-0.1, -0.05) is 17.7 Å². The van der Waals surface area contributed by atoms with Gasteiger partial charge in [-0.3, -0.25) is 9.48 Å². The summed E-state index contributed by atoms with van der Waals surface area (Å²) in [6, 6.07) is 4.41. The van der Waals surface area contributed by atoms with Crippen LogP contribution in [-0.4, -0.2) is 15.6 Å². The lowest BCUT2D eigenvalue weighted by Crippen LogP contribution is -2.22. The monoisotopic (exact) mass is 294 g/mol. The maximum atomic E-state index is 14.0. The summed E-state index contributed by atoms with van der Waals surface area (Å²) in [5.74, 6) is -0.658. The molecule has 1 aromatic heterocycles. The van der Waals surface area contributed by atoms with Gasteiger partial charge < -0.3 is 0 Å². The molecule has 20 heavy (non-hydrogen) atoms. The Balaban J connectivity index is 2.73. The maximum Gasteiger partial charge on any atom is 0.163 e. The van der Waals surface area contributed by atoms with Gasteiger partial charge in [0, 0.05) is 6.20 Å². The van der Waals surface area contributed by atoms with Gasteiger partial charge in [-0.2, -0.15) is 5.10 Å². The van der Waals surface area contributed by atoms with Gasteiger partial charge in [-0.05, 0) is 39.8 Å². The Labute approximate surface area is 122 Å². The van der Waals surface area contributed by atoms with Gasteiger partial charge in [0.2, 0.25) is 0 Å². The molecule has 0 radical (unpaired) electrons. The molecule has 0 saturated carbocycles. The summed E-state index contributed by atoms with van der Waals surface area (Å²) in [5.41, 5.74) is 0.519. The van der Waals surface area contributed by atoms with Gasteiger partial charge in [-0.25, -0.2) is 4.39 Å². The van der Waals surface area contributed by atoms with E-state index in [0.29, 0.717) is 5.56 Å². The number of rotatable bonds is 2. The lowest BCUT2D eigenvalue weighted by Gasteiger charge is -2.18. The van der Waals surface area contributed by atoms with Crippen LogP contribution in [0.25, 0.3) is 11.3 Å². The number of benzene rings is 1. The zero-order valence-electron chi connectivity index (χ0n) is 11.9. The van der Waals surface area contributed by atoms with Crippen LogP contribution in [0.2, 0.25) is 5.02 Å². The molecule has 106 valence electrons. The Morgan fingerprint density at radius 3 is 2.50 bits per heavy atom. The molecule has 0 aliphatic carbocycles. The summed E-state index contributed by atoms with van der Waals surface area (Å²) in [5, 5.41) is 4.61. The molecule has 0 amide bonds. The fraction of sp³-hybridized carbons (Fsp3) is 0.333. The molecule has 0 spiro atoms. The molecule has 0 N–H and O–H groups in total. The quantitative estimate of drug-likeness (QED) is 0.774. The Hall–Kier alpha value is -1.68. The van der Waals surface area contributed by atoms with E-state index in [0.717, 1.165) is 0 Å². The molecule has 0 atom stereocenters. The molecular formula is C15H16ClFN2O. The van der Waals surface area contributed by atoms with Gasteiger partial charge in [0.25, 0.3) is 0 Å². The smallest absolute Gasteiger partial charge is 0.163 e. The zero-order valence-corrected chi connectivity index (χ0v) is 12.6. The van der Waals surface area contributed by atoms with Crippen LogP contribution < -0.4 is 0 Å². The van der Waals surface area contributed by atoms with Crippen molar-refractivity contribution >= 4 is 17.4 Å². The number of hydrogen-bond acceptors (Lipinski definition) is 2. The van der Waals surface area contributed by atoms with E-state index >= 15 is 0 Å². The molecule has 2 aromatic rings. The lowest BCUT2D eigenvalue weighted by atomic mass is 10.1. The minimum Gasteiger partial charge on any atom is -0.294 e. The third-order valence-electron chi connectivity index (χ3n) is 2.98. The fourth-order valence-corrected chi connectivity index (χ4v) is 2.14. The topological polar surface area (TPSA) is 34.9 Å². The van der Waals surface area contributed by atoms with E-state index in [1.807, 2.05) is 20.8 Å². The minimum absolute atomic E-state index is 0.169. The molecule has 0 aliphatic rings. The van der Waals surface area contributed by atoms with E-state index in [9.17, 15) is 9.18 Å². The number of ketones is 1. The maximum absolute atomic E-state index is 14.0. The highest BCUT2D eigenvalue weighted by Crippen LogP contribution is 2.33. The highest BCUT2D eigenvalue weighted by Gasteiger charge is 2.24. The highest BCUT2D eigenvalue weighted by molar-refractivity contribution is 6.33. The van der Waals surface area contributed by atoms with Crippen molar-refractivity contribution in [1.29, 1.82) is 0 Å². The molecule has 1 aromatic carbocycles. The third kappa shape index (κ3) is 2.61. The second kappa shape index (κ2) is 5.02. The molecule has 2 rings (SSSR count). The van der Waals surface area contributed by atoms with Crippen molar-refractivity contribution in [1.82, 2.24) is 9.78 Å². The van der Waals surface area contributed by atoms with Gasteiger partial charge in [0.15, 0.2) is 5.78 Å². The van der Waals surface area contributed by atoms with Crippen LogP contribution in [0.4, 0.5) is 4.39 Å². The van der Waals surface area contributed by atoms with E-state index in [4.69, 9.17) is 11.6 Å². The summed E-state index contributed by atoms with van der Waals surface area (Å²) in [7, 11) is 0. The first-order valence-electron chi connectivity index (χ1n) is 6.27. The second-order valence-corrected chi connectivity index (χ2v) is 6.07. The largest absolute Gasteiger partial charge is 0.294 e. The van der Waals surface area contributed by atoms with Crippen molar-refractivity contribution in [2.45, 2.75) is 33.2 Å². The SMILES string of the molecule is CC(=O)c1cn(C(C)(C)C)nc1-c1c(F)cccc1Cl. The first-order chi connectivity index (χ1) is 9.21. The molecular weight excluding hydrogens is 279 g/mol. The van der Waals surface area contributed by atoms with E-state index < -0.39 is 5.82 Å². The molecule has 1 heterocycles. The predicted molar refractivity (Wildman–Crippen MR) is 77.6 cm³/mol. The average molecular weight is 295 g/mol. The van der Waals surface area contributed by atoms with E-state index in [2.05, 4.69) is 5.10 Å². The van der Waals surface area contributed by atoms with Crippen molar-refractivity contribution < 1.29 is 9.18 Å². The lowest BCUT2D eigenvalue weighted by molar-refractivity contribution is 0.101. The van der Waals surface area contributed by atoms with Crippen molar-refractivity contribution in [3.63, 3.8) is 0 Å². The number of carbonyl (C=O) groups is 1. The number of halogens is 2.